The Hall–Kier alpha value is -3.41. The van der Waals surface area contributed by atoms with Gasteiger partial charge in [0.05, 0.1) is 22.9 Å². The Morgan fingerprint density at radius 2 is 1.84 bits per heavy atom. The number of alkyl halides is 3. The van der Waals surface area contributed by atoms with Gasteiger partial charge in [0.1, 0.15) is 17.1 Å². The van der Waals surface area contributed by atoms with Gasteiger partial charge in [-0.1, -0.05) is 17.7 Å². The van der Waals surface area contributed by atoms with Crippen LogP contribution >= 0.6 is 11.6 Å². The standard InChI is InChI=1S/C24H24ClF4N5O3/c1-12-7-15(9-31-19(12)30)32-20(35)21(36)34-10-13(2)33(22(37)23(5-6-23)24(27,28)29)11-18(34)14-3-4-17(26)16(25)8-14/h3-4,7-9,13,18H,5-6,10-11H2,1-2H3,(H2,30,31)(H,32,35)/t13-,18-/m1/s1. The molecule has 2 heterocycles. The van der Waals surface area contributed by atoms with E-state index < -0.39 is 47.2 Å². The van der Waals surface area contributed by atoms with Crippen molar-refractivity contribution in [3.05, 3.63) is 52.4 Å². The molecule has 0 spiro atoms. The molecule has 37 heavy (non-hydrogen) atoms. The number of carbonyl (C=O) groups excluding carboxylic acids is 3. The Kier molecular flexibility index (Phi) is 6.82. The van der Waals surface area contributed by atoms with E-state index in [9.17, 15) is 31.9 Å². The number of anilines is 2. The van der Waals surface area contributed by atoms with Gasteiger partial charge in [0.25, 0.3) is 0 Å². The quantitative estimate of drug-likeness (QED) is 0.453. The number of nitrogens with two attached hydrogens (primary N) is 1. The van der Waals surface area contributed by atoms with E-state index in [4.69, 9.17) is 17.3 Å². The number of benzene rings is 1. The first-order valence-corrected chi connectivity index (χ1v) is 11.8. The van der Waals surface area contributed by atoms with E-state index in [0.717, 1.165) is 15.9 Å². The van der Waals surface area contributed by atoms with Crippen molar-refractivity contribution < 1.29 is 31.9 Å². The number of nitrogens with one attached hydrogen (secondary N) is 1. The van der Waals surface area contributed by atoms with Gasteiger partial charge < -0.3 is 20.9 Å². The molecule has 1 aliphatic carbocycles. The fraction of sp³-hybridized carbons (Fsp3) is 0.417. The van der Waals surface area contributed by atoms with Gasteiger partial charge in [-0.15, -0.1) is 0 Å². The van der Waals surface area contributed by atoms with E-state index in [-0.39, 0.29) is 48.0 Å². The fourth-order valence-electron chi connectivity index (χ4n) is 4.48. The smallest absolute Gasteiger partial charge is 0.383 e. The lowest BCUT2D eigenvalue weighted by molar-refractivity contribution is -0.201. The molecule has 1 aromatic carbocycles. The molecule has 1 saturated carbocycles. The summed E-state index contributed by atoms with van der Waals surface area (Å²) in [5.41, 5.74) is 4.28. The van der Waals surface area contributed by atoms with E-state index in [1.165, 1.54) is 31.3 Å². The maximum Gasteiger partial charge on any atom is 0.403 e. The summed E-state index contributed by atoms with van der Waals surface area (Å²) in [5.74, 6) is -3.58. The third kappa shape index (κ3) is 4.94. The van der Waals surface area contributed by atoms with Gasteiger partial charge in [0, 0.05) is 19.1 Å². The number of halogens is 5. The third-order valence-corrected chi connectivity index (χ3v) is 7.15. The number of nitrogens with zero attached hydrogens (tertiary/aromatic N) is 3. The van der Waals surface area contributed by atoms with Crippen molar-refractivity contribution in [2.45, 2.75) is 44.9 Å². The molecule has 1 aromatic heterocycles. The average molecular weight is 542 g/mol. The number of nitrogen functional groups attached to an aromatic ring is 1. The molecule has 0 bridgehead atoms. The molecular formula is C24H24ClF4N5O3. The highest BCUT2D eigenvalue weighted by molar-refractivity contribution is 6.39. The van der Waals surface area contributed by atoms with E-state index in [2.05, 4.69) is 10.3 Å². The number of aromatic nitrogens is 1. The molecule has 2 aromatic rings. The molecule has 2 fully saturated rings. The number of piperazine rings is 1. The highest BCUT2D eigenvalue weighted by atomic mass is 35.5. The molecule has 4 rings (SSSR count). The summed E-state index contributed by atoms with van der Waals surface area (Å²) in [5, 5.41) is 2.16. The molecule has 0 unspecified atom stereocenters. The van der Waals surface area contributed by atoms with Gasteiger partial charge in [-0.05, 0) is 56.0 Å². The number of rotatable bonds is 3. The van der Waals surface area contributed by atoms with Crippen LogP contribution in [0.25, 0.3) is 0 Å². The summed E-state index contributed by atoms with van der Waals surface area (Å²) in [4.78, 5) is 45.3. The summed E-state index contributed by atoms with van der Waals surface area (Å²) in [6.07, 6.45) is -4.07. The fourth-order valence-corrected chi connectivity index (χ4v) is 4.66. The summed E-state index contributed by atoms with van der Waals surface area (Å²) in [7, 11) is 0. The number of hydrogen-bond donors (Lipinski definition) is 2. The number of carbonyl (C=O) groups is 3. The van der Waals surface area contributed by atoms with Crippen LogP contribution in [-0.4, -0.2) is 57.8 Å². The minimum atomic E-state index is -4.71. The van der Waals surface area contributed by atoms with E-state index >= 15 is 0 Å². The minimum absolute atomic E-state index is 0.217. The Labute approximate surface area is 214 Å². The maximum absolute atomic E-state index is 13.8. The van der Waals surface area contributed by atoms with Crippen LogP contribution in [-0.2, 0) is 14.4 Å². The molecular weight excluding hydrogens is 518 g/mol. The van der Waals surface area contributed by atoms with Crippen LogP contribution in [0.5, 0.6) is 0 Å². The first-order chi connectivity index (χ1) is 17.2. The van der Waals surface area contributed by atoms with Gasteiger partial charge in [0.2, 0.25) is 5.91 Å². The predicted molar refractivity (Wildman–Crippen MR) is 127 cm³/mol. The van der Waals surface area contributed by atoms with Crippen molar-refractivity contribution in [1.29, 1.82) is 0 Å². The second-order valence-electron chi connectivity index (χ2n) is 9.41. The molecule has 0 radical (unpaired) electrons. The monoisotopic (exact) mass is 541 g/mol. The van der Waals surface area contributed by atoms with Crippen LogP contribution < -0.4 is 11.1 Å². The van der Waals surface area contributed by atoms with Crippen LogP contribution in [0.1, 0.15) is 36.9 Å². The molecule has 1 saturated heterocycles. The van der Waals surface area contributed by atoms with Crippen LogP contribution in [0.4, 0.5) is 29.1 Å². The zero-order chi connectivity index (χ0) is 27.3. The second-order valence-corrected chi connectivity index (χ2v) is 9.82. The van der Waals surface area contributed by atoms with E-state index in [0.29, 0.717) is 5.56 Å². The van der Waals surface area contributed by atoms with Crippen molar-refractivity contribution in [1.82, 2.24) is 14.8 Å². The van der Waals surface area contributed by atoms with Crippen LogP contribution in [0.15, 0.2) is 30.5 Å². The summed E-state index contributed by atoms with van der Waals surface area (Å²) < 4.78 is 54.9. The molecule has 1 aliphatic heterocycles. The number of pyridine rings is 1. The average Bonchev–Trinajstić information content (AvgIpc) is 3.64. The Morgan fingerprint density at radius 3 is 2.41 bits per heavy atom. The highest BCUT2D eigenvalue weighted by Gasteiger charge is 2.70. The Bertz CT molecular complexity index is 1270. The van der Waals surface area contributed by atoms with Gasteiger partial charge in [-0.2, -0.15) is 13.2 Å². The Balaban J connectivity index is 1.64. The first kappa shape index (κ1) is 26.6. The lowest BCUT2D eigenvalue weighted by Gasteiger charge is -2.46. The summed E-state index contributed by atoms with van der Waals surface area (Å²) in [6.45, 7) is 2.61. The lowest BCUT2D eigenvalue weighted by Crippen LogP contribution is -2.60. The van der Waals surface area contributed by atoms with E-state index in [1.807, 2.05) is 0 Å². The van der Waals surface area contributed by atoms with Gasteiger partial charge in [-0.3, -0.25) is 14.4 Å². The zero-order valence-electron chi connectivity index (χ0n) is 19.9. The van der Waals surface area contributed by atoms with Gasteiger partial charge in [-0.25, -0.2) is 9.37 Å². The largest absolute Gasteiger partial charge is 0.403 e. The van der Waals surface area contributed by atoms with Crippen LogP contribution in [0.3, 0.4) is 0 Å². The topological polar surface area (TPSA) is 109 Å². The molecule has 2 aliphatic rings. The van der Waals surface area contributed by atoms with Crippen molar-refractivity contribution in [2.24, 2.45) is 5.41 Å². The van der Waals surface area contributed by atoms with Crippen molar-refractivity contribution >= 4 is 40.8 Å². The molecule has 2 atom stereocenters. The molecule has 198 valence electrons. The highest BCUT2D eigenvalue weighted by Crippen LogP contribution is 2.59. The third-order valence-electron chi connectivity index (χ3n) is 6.86. The first-order valence-electron chi connectivity index (χ1n) is 11.4. The molecule has 3 N–H and O–H groups in total. The van der Waals surface area contributed by atoms with Gasteiger partial charge >= 0.3 is 18.0 Å². The van der Waals surface area contributed by atoms with Gasteiger partial charge in [0.15, 0.2) is 0 Å². The SMILES string of the molecule is Cc1cc(NC(=O)C(=O)N2C[C@@H](C)N(C(=O)C3(C(F)(F)F)CC3)C[C@@H]2c2ccc(F)c(Cl)c2)cnc1N. The van der Waals surface area contributed by atoms with Crippen LogP contribution in [0, 0.1) is 18.2 Å². The van der Waals surface area contributed by atoms with Crippen LogP contribution in [0.2, 0.25) is 5.02 Å². The summed E-state index contributed by atoms with van der Waals surface area (Å²) in [6, 6.07) is 3.24. The minimum Gasteiger partial charge on any atom is -0.383 e. The number of hydrogen-bond acceptors (Lipinski definition) is 5. The number of amides is 3. The molecule has 8 nitrogen and oxygen atoms in total. The van der Waals surface area contributed by atoms with Crippen molar-refractivity contribution in [2.75, 3.05) is 24.1 Å². The van der Waals surface area contributed by atoms with Crippen molar-refractivity contribution in [3.63, 3.8) is 0 Å². The normalized spacial score (nSPS) is 20.9. The molecule has 13 heteroatoms. The zero-order valence-corrected chi connectivity index (χ0v) is 20.7. The predicted octanol–water partition coefficient (Wildman–Crippen LogP) is 3.85. The second kappa shape index (κ2) is 9.47. The Morgan fingerprint density at radius 1 is 1.16 bits per heavy atom. The van der Waals surface area contributed by atoms with Crippen molar-refractivity contribution in [3.8, 4) is 0 Å². The molecule has 3 amide bonds. The summed E-state index contributed by atoms with van der Waals surface area (Å²) >= 11 is 5.92. The maximum atomic E-state index is 13.8. The number of aryl methyl sites for hydroxylation is 1. The van der Waals surface area contributed by atoms with E-state index in [1.54, 1.807) is 6.92 Å². The lowest BCUT2D eigenvalue weighted by atomic mass is 9.96.